The van der Waals surface area contributed by atoms with Crippen LogP contribution in [-0.4, -0.2) is 15.7 Å². The van der Waals surface area contributed by atoms with E-state index in [4.69, 9.17) is 28.5 Å². The number of aromatic nitrogens is 2. The van der Waals surface area contributed by atoms with Crippen LogP contribution in [0.4, 0.5) is 5.69 Å². The summed E-state index contributed by atoms with van der Waals surface area (Å²) in [6, 6.07) is 16.9. The van der Waals surface area contributed by atoms with Gasteiger partial charge in [0.25, 0.3) is 5.56 Å². The number of hydrogen-bond acceptors (Lipinski definition) is 4. The highest BCUT2D eigenvalue weighted by molar-refractivity contribution is 6.31. The number of benzene rings is 2. The van der Waals surface area contributed by atoms with E-state index in [0.717, 1.165) is 5.56 Å². The minimum atomic E-state index is -0.273. The molecule has 0 radical (unpaired) electrons. The van der Waals surface area contributed by atoms with Crippen LogP contribution in [0.25, 0.3) is 11.3 Å². The van der Waals surface area contributed by atoms with E-state index >= 15 is 0 Å². The number of anilines is 1. The Hall–Kier alpha value is -3.14. The molecule has 0 spiro atoms. The van der Waals surface area contributed by atoms with Crippen LogP contribution in [0.2, 0.25) is 10.0 Å². The van der Waals surface area contributed by atoms with Gasteiger partial charge in [-0.1, -0.05) is 35.3 Å². The van der Waals surface area contributed by atoms with E-state index in [2.05, 4.69) is 10.4 Å². The number of rotatable bonds is 6. The molecule has 6 nitrogen and oxygen atoms in total. The Morgan fingerprint density at radius 3 is 2.52 bits per heavy atom. The molecular weight excluding hydrogens is 411 g/mol. The van der Waals surface area contributed by atoms with Gasteiger partial charge in [0.05, 0.1) is 16.9 Å². The summed E-state index contributed by atoms with van der Waals surface area (Å²) in [5.41, 5.74) is 1.93. The SMILES string of the molecule is N#Cc1ccc(Cl)cc1NC(=O)CCCn1nc(-c2ccc(Cl)cc2)ccc1=O. The summed E-state index contributed by atoms with van der Waals surface area (Å²) in [6.45, 7) is 0.286. The standard InChI is InChI=1S/C21H16Cl2N4O2/c22-16-6-3-14(4-7-16)18-9-10-21(29)27(26-18)11-1-2-20(28)25-19-12-17(23)8-5-15(19)13-24/h3-10,12H,1-2,11H2,(H,25,28). The maximum absolute atomic E-state index is 12.2. The third-order valence-electron chi connectivity index (χ3n) is 4.16. The average molecular weight is 427 g/mol. The minimum absolute atomic E-state index is 0.163. The van der Waals surface area contributed by atoms with E-state index < -0.39 is 0 Å². The van der Waals surface area contributed by atoms with Crippen LogP contribution < -0.4 is 10.9 Å². The molecule has 1 amide bonds. The lowest BCUT2D eigenvalue weighted by Gasteiger charge is -2.09. The van der Waals surface area contributed by atoms with Crippen molar-refractivity contribution >= 4 is 34.8 Å². The smallest absolute Gasteiger partial charge is 0.266 e. The molecule has 2 aromatic carbocycles. The molecule has 1 heterocycles. The Balaban J connectivity index is 1.63. The van der Waals surface area contributed by atoms with Gasteiger partial charge in [0.2, 0.25) is 5.91 Å². The fourth-order valence-corrected chi connectivity index (χ4v) is 3.00. The van der Waals surface area contributed by atoms with E-state index in [9.17, 15) is 9.59 Å². The Bertz CT molecular complexity index is 1130. The van der Waals surface area contributed by atoms with Crippen LogP contribution in [0.1, 0.15) is 18.4 Å². The molecule has 1 N–H and O–H groups in total. The number of nitriles is 1. The summed E-state index contributed by atoms with van der Waals surface area (Å²) < 4.78 is 1.33. The van der Waals surface area contributed by atoms with Gasteiger partial charge in [0.1, 0.15) is 6.07 Å². The number of nitrogens with one attached hydrogen (secondary N) is 1. The monoisotopic (exact) mass is 426 g/mol. The van der Waals surface area contributed by atoms with E-state index in [1.807, 2.05) is 18.2 Å². The van der Waals surface area contributed by atoms with Gasteiger partial charge in [-0.25, -0.2) is 4.68 Å². The minimum Gasteiger partial charge on any atom is -0.325 e. The zero-order valence-electron chi connectivity index (χ0n) is 15.2. The van der Waals surface area contributed by atoms with Crippen LogP contribution in [0.5, 0.6) is 0 Å². The number of carbonyl (C=O) groups excluding carboxylic acids is 1. The molecule has 0 bridgehead atoms. The van der Waals surface area contributed by atoms with Gasteiger partial charge < -0.3 is 5.32 Å². The van der Waals surface area contributed by atoms with Crippen molar-refractivity contribution in [2.24, 2.45) is 0 Å². The van der Waals surface area contributed by atoms with Crippen molar-refractivity contribution < 1.29 is 4.79 Å². The molecule has 0 aliphatic carbocycles. The van der Waals surface area contributed by atoms with Crippen molar-refractivity contribution in [3.8, 4) is 17.3 Å². The number of halogens is 2. The predicted molar refractivity (Wildman–Crippen MR) is 113 cm³/mol. The molecule has 8 heteroatoms. The molecule has 0 unspecified atom stereocenters. The predicted octanol–water partition coefficient (Wildman–Crippen LogP) is 4.51. The maximum atomic E-state index is 12.2. The molecule has 146 valence electrons. The fourth-order valence-electron chi connectivity index (χ4n) is 2.70. The lowest BCUT2D eigenvalue weighted by atomic mass is 10.1. The topological polar surface area (TPSA) is 87.8 Å². The van der Waals surface area contributed by atoms with E-state index in [0.29, 0.717) is 33.4 Å². The fraction of sp³-hybridized carbons (Fsp3) is 0.143. The molecule has 0 fully saturated rings. The first-order valence-electron chi connectivity index (χ1n) is 8.80. The van der Waals surface area contributed by atoms with Crippen LogP contribution in [-0.2, 0) is 11.3 Å². The molecule has 0 saturated heterocycles. The van der Waals surface area contributed by atoms with Crippen LogP contribution in [0.3, 0.4) is 0 Å². The van der Waals surface area contributed by atoms with Crippen molar-refractivity contribution in [3.05, 3.63) is 80.6 Å². The van der Waals surface area contributed by atoms with Crippen molar-refractivity contribution in [1.82, 2.24) is 9.78 Å². The summed E-state index contributed by atoms with van der Waals surface area (Å²) in [4.78, 5) is 24.3. The highest BCUT2D eigenvalue weighted by Crippen LogP contribution is 2.21. The number of nitrogens with zero attached hydrogens (tertiary/aromatic N) is 3. The van der Waals surface area contributed by atoms with Gasteiger partial charge in [-0.05, 0) is 42.8 Å². The second kappa shape index (κ2) is 9.37. The number of hydrogen-bond donors (Lipinski definition) is 1. The lowest BCUT2D eigenvalue weighted by molar-refractivity contribution is -0.116. The lowest BCUT2D eigenvalue weighted by Crippen LogP contribution is -2.23. The summed E-state index contributed by atoms with van der Waals surface area (Å²) in [5.74, 6) is -0.273. The van der Waals surface area contributed by atoms with Gasteiger partial charge in [-0.3, -0.25) is 9.59 Å². The maximum Gasteiger partial charge on any atom is 0.266 e. The van der Waals surface area contributed by atoms with Gasteiger partial charge in [-0.2, -0.15) is 10.4 Å². The molecular formula is C21H16Cl2N4O2. The van der Waals surface area contributed by atoms with Crippen LogP contribution >= 0.6 is 23.2 Å². The number of carbonyl (C=O) groups is 1. The molecule has 1 aromatic heterocycles. The van der Waals surface area contributed by atoms with Crippen molar-refractivity contribution in [2.45, 2.75) is 19.4 Å². The van der Waals surface area contributed by atoms with E-state index in [1.54, 1.807) is 30.3 Å². The van der Waals surface area contributed by atoms with Gasteiger partial charge >= 0.3 is 0 Å². The van der Waals surface area contributed by atoms with E-state index in [1.165, 1.54) is 16.8 Å². The van der Waals surface area contributed by atoms with Gasteiger partial charge in [-0.15, -0.1) is 0 Å². The van der Waals surface area contributed by atoms with E-state index in [-0.39, 0.29) is 24.4 Å². The van der Waals surface area contributed by atoms with Crippen molar-refractivity contribution in [3.63, 3.8) is 0 Å². The van der Waals surface area contributed by atoms with Gasteiger partial charge in [0.15, 0.2) is 0 Å². The third-order valence-corrected chi connectivity index (χ3v) is 4.64. The normalized spacial score (nSPS) is 10.4. The zero-order chi connectivity index (χ0) is 20.8. The highest BCUT2D eigenvalue weighted by atomic mass is 35.5. The number of amides is 1. The second-order valence-electron chi connectivity index (χ2n) is 6.24. The van der Waals surface area contributed by atoms with Crippen LogP contribution in [0, 0.1) is 11.3 Å². The van der Waals surface area contributed by atoms with Gasteiger partial charge in [0, 0.05) is 34.6 Å². The Kier molecular flexibility index (Phi) is 6.65. The largest absolute Gasteiger partial charge is 0.325 e. The highest BCUT2D eigenvalue weighted by Gasteiger charge is 2.09. The summed E-state index contributed by atoms with van der Waals surface area (Å²) >= 11 is 11.8. The Labute approximate surface area is 177 Å². The molecule has 0 atom stereocenters. The summed E-state index contributed by atoms with van der Waals surface area (Å²) in [6.07, 6.45) is 0.571. The Morgan fingerprint density at radius 2 is 1.79 bits per heavy atom. The molecule has 0 aliphatic heterocycles. The average Bonchev–Trinajstić information content (AvgIpc) is 2.70. The van der Waals surface area contributed by atoms with Crippen molar-refractivity contribution in [2.75, 3.05) is 5.32 Å². The second-order valence-corrected chi connectivity index (χ2v) is 7.11. The molecule has 0 saturated carbocycles. The molecule has 3 aromatic rings. The van der Waals surface area contributed by atoms with Crippen LogP contribution in [0.15, 0.2) is 59.4 Å². The van der Waals surface area contributed by atoms with Crippen molar-refractivity contribution in [1.29, 1.82) is 5.26 Å². The third kappa shape index (κ3) is 5.44. The summed E-state index contributed by atoms with van der Waals surface area (Å²) in [5, 5.41) is 17.2. The molecule has 29 heavy (non-hydrogen) atoms. The first-order chi connectivity index (χ1) is 14.0. The Morgan fingerprint density at radius 1 is 1.07 bits per heavy atom. The first kappa shape index (κ1) is 20.6. The quantitative estimate of drug-likeness (QED) is 0.627. The molecule has 3 rings (SSSR count). The molecule has 0 aliphatic rings. The number of aryl methyl sites for hydroxylation is 1. The first-order valence-corrected chi connectivity index (χ1v) is 9.55. The zero-order valence-corrected chi connectivity index (χ0v) is 16.7. The summed E-state index contributed by atoms with van der Waals surface area (Å²) in [7, 11) is 0.